The fourth-order valence-electron chi connectivity index (χ4n) is 3.68. The van der Waals surface area contributed by atoms with Crippen LogP contribution in [0.4, 0.5) is 0 Å². The van der Waals surface area contributed by atoms with Gasteiger partial charge in [-0.3, -0.25) is 9.67 Å². The van der Waals surface area contributed by atoms with Crippen molar-refractivity contribution in [3.63, 3.8) is 0 Å². The van der Waals surface area contributed by atoms with E-state index in [1.165, 1.54) is 25.0 Å². The molecule has 2 aromatic rings. The molecule has 8 nitrogen and oxygen atoms in total. The normalized spacial score (nSPS) is 14.6. The molecule has 2 aromatic heterocycles. The van der Waals surface area contributed by atoms with Gasteiger partial charge in [0.05, 0.1) is 5.69 Å². The van der Waals surface area contributed by atoms with Crippen LogP contribution in [0.1, 0.15) is 55.6 Å². The van der Waals surface area contributed by atoms with Crippen molar-refractivity contribution in [3.8, 4) is 0 Å². The standard InChI is InChI=1S/C20H34N8/c1-4-21-20(22-11-8-14-28-17(3)15-16(2)26-28)23-12-10-19-25-24-18-9-6-5-7-13-27(18)19/h15H,4-14H2,1-3H3,(H2,21,22,23). The summed E-state index contributed by atoms with van der Waals surface area (Å²) in [6.45, 7) is 10.6. The van der Waals surface area contributed by atoms with Gasteiger partial charge >= 0.3 is 0 Å². The number of fused-ring (bicyclic) bond motifs is 1. The van der Waals surface area contributed by atoms with Crippen molar-refractivity contribution in [2.24, 2.45) is 4.99 Å². The van der Waals surface area contributed by atoms with E-state index < -0.39 is 0 Å². The minimum absolute atomic E-state index is 0.772. The molecule has 0 bridgehead atoms. The molecule has 2 N–H and O–H groups in total. The number of guanidine groups is 1. The molecule has 0 amide bonds. The molecule has 0 saturated heterocycles. The van der Waals surface area contributed by atoms with E-state index in [1.54, 1.807) is 0 Å². The van der Waals surface area contributed by atoms with E-state index in [9.17, 15) is 0 Å². The Balaban J connectivity index is 1.46. The minimum Gasteiger partial charge on any atom is -0.357 e. The lowest BCUT2D eigenvalue weighted by atomic mass is 10.2. The van der Waals surface area contributed by atoms with Gasteiger partial charge in [-0.2, -0.15) is 5.10 Å². The van der Waals surface area contributed by atoms with E-state index in [2.05, 4.69) is 55.1 Å². The Labute approximate surface area is 167 Å². The van der Waals surface area contributed by atoms with Crippen molar-refractivity contribution in [1.82, 2.24) is 35.2 Å². The molecule has 3 heterocycles. The van der Waals surface area contributed by atoms with Crippen LogP contribution in [0.3, 0.4) is 0 Å². The number of aryl methyl sites for hydroxylation is 4. The van der Waals surface area contributed by atoms with Gasteiger partial charge in [0.15, 0.2) is 5.96 Å². The number of nitrogens with one attached hydrogen (secondary N) is 2. The predicted molar refractivity (Wildman–Crippen MR) is 112 cm³/mol. The molecular formula is C20H34N8. The van der Waals surface area contributed by atoms with E-state index in [1.807, 2.05) is 6.92 Å². The third kappa shape index (κ3) is 5.56. The molecule has 0 fully saturated rings. The zero-order valence-electron chi connectivity index (χ0n) is 17.5. The highest BCUT2D eigenvalue weighted by molar-refractivity contribution is 5.79. The average molecular weight is 387 g/mol. The number of aromatic nitrogens is 5. The van der Waals surface area contributed by atoms with Gasteiger partial charge in [0.1, 0.15) is 11.6 Å². The largest absolute Gasteiger partial charge is 0.357 e. The number of hydrogen-bond donors (Lipinski definition) is 2. The Kier molecular flexibility index (Phi) is 7.45. The van der Waals surface area contributed by atoms with Crippen LogP contribution in [0.15, 0.2) is 11.1 Å². The lowest BCUT2D eigenvalue weighted by Gasteiger charge is -2.12. The van der Waals surface area contributed by atoms with Crippen molar-refractivity contribution in [2.45, 2.75) is 72.4 Å². The monoisotopic (exact) mass is 386 g/mol. The van der Waals surface area contributed by atoms with Gasteiger partial charge in [-0.1, -0.05) is 6.42 Å². The van der Waals surface area contributed by atoms with Gasteiger partial charge in [0, 0.05) is 51.3 Å². The van der Waals surface area contributed by atoms with Crippen LogP contribution in [0.2, 0.25) is 0 Å². The van der Waals surface area contributed by atoms with Crippen LogP contribution in [0, 0.1) is 13.8 Å². The number of rotatable bonds is 8. The first-order valence-corrected chi connectivity index (χ1v) is 10.6. The highest BCUT2D eigenvalue weighted by atomic mass is 15.3. The van der Waals surface area contributed by atoms with Crippen LogP contribution < -0.4 is 10.6 Å². The summed E-state index contributed by atoms with van der Waals surface area (Å²) in [7, 11) is 0. The third-order valence-corrected chi connectivity index (χ3v) is 5.07. The fraction of sp³-hybridized carbons (Fsp3) is 0.700. The molecule has 3 rings (SSSR count). The van der Waals surface area contributed by atoms with E-state index in [0.717, 1.165) is 75.3 Å². The molecule has 0 atom stereocenters. The summed E-state index contributed by atoms with van der Waals surface area (Å²) in [4.78, 5) is 4.70. The molecule has 154 valence electrons. The van der Waals surface area contributed by atoms with E-state index in [4.69, 9.17) is 4.99 Å². The van der Waals surface area contributed by atoms with Crippen LogP contribution in [-0.4, -0.2) is 50.1 Å². The van der Waals surface area contributed by atoms with Gasteiger partial charge in [-0.25, -0.2) is 0 Å². The quantitative estimate of drug-likeness (QED) is 0.412. The maximum absolute atomic E-state index is 4.70. The van der Waals surface area contributed by atoms with Crippen LogP contribution in [0.5, 0.6) is 0 Å². The van der Waals surface area contributed by atoms with Gasteiger partial charge in [0.25, 0.3) is 0 Å². The Morgan fingerprint density at radius 3 is 2.86 bits per heavy atom. The van der Waals surface area contributed by atoms with E-state index >= 15 is 0 Å². The number of hydrogen-bond acceptors (Lipinski definition) is 4. The highest BCUT2D eigenvalue weighted by Crippen LogP contribution is 2.14. The van der Waals surface area contributed by atoms with Crippen molar-refractivity contribution in [2.75, 3.05) is 19.6 Å². The van der Waals surface area contributed by atoms with Crippen molar-refractivity contribution in [1.29, 1.82) is 0 Å². The zero-order valence-corrected chi connectivity index (χ0v) is 17.5. The second-order valence-electron chi connectivity index (χ2n) is 7.44. The van der Waals surface area contributed by atoms with Crippen molar-refractivity contribution in [3.05, 3.63) is 29.1 Å². The smallest absolute Gasteiger partial charge is 0.191 e. The summed E-state index contributed by atoms with van der Waals surface area (Å²) in [5.41, 5.74) is 2.28. The summed E-state index contributed by atoms with van der Waals surface area (Å²) in [5.74, 6) is 3.11. The molecule has 1 aliphatic heterocycles. The van der Waals surface area contributed by atoms with Crippen LogP contribution in [0.25, 0.3) is 0 Å². The Morgan fingerprint density at radius 1 is 1.18 bits per heavy atom. The summed E-state index contributed by atoms with van der Waals surface area (Å²) >= 11 is 0. The van der Waals surface area contributed by atoms with E-state index in [0.29, 0.717) is 0 Å². The van der Waals surface area contributed by atoms with Gasteiger partial charge in [-0.05, 0) is 46.1 Å². The van der Waals surface area contributed by atoms with Crippen molar-refractivity contribution >= 4 is 5.96 Å². The summed E-state index contributed by atoms with van der Waals surface area (Å²) in [6.07, 6.45) is 6.63. The zero-order chi connectivity index (χ0) is 19.8. The second kappa shape index (κ2) is 10.2. The van der Waals surface area contributed by atoms with Gasteiger partial charge in [-0.15, -0.1) is 10.2 Å². The Bertz CT molecular complexity index is 773. The summed E-state index contributed by atoms with van der Waals surface area (Å²) in [5, 5.41) is 20.0. The molecular weight excluding hydrogens is 352 g/mol. The minimum atomic E-state index is 0.772. The molecule has 28 heavy (non-hydrogen) atoms. The molecule has 8 heteroatoms. The lowest BCUT2D eigenvalue weighted by Crippen LogP contribution is -2.38. The number of aliphatic imine (C=N–C) groups is 1. The Morgan fingerprint density at radius 2 is 2.07 bits per heavy atom. The van der Waals surface area contributed by atoms with Gasteiger partial charge < -0.3 is 15.2 Å². The van der Waals surface area contributed by atoms with E-state index in [-0.39, 0.29) is 0 Å². The SMILES string of the molecule is CCNC(=NCCCn1nc(C)cc1C)NCCc1nnc2n1CCCCC2. The molecule has 0 aromatic carbocycles. The second-order valence-corrected chi connectivity index (χ2v) is 7.44. The summed E-state index contributed by atoms with van der Waals surface area (Å²) < 4.78 is 4.37. The van der Waals surface area contributed by atoms with Crippen LogP contribution in [-0.2, 0) is 25.9 Å². The molecule has 0 unspecified atom stereocenters. The Hall–Kier alpha value is -2.38. The highest BCUT2D eigenvalue weighted by Gasteiger charge is 2.14. The molecule has 0 radical (unpaired) electrons. The fourth-order valence-corrected chi connectivity index (χ4v) is 3.68. The predicted octanol–water partition coefficient (Wildman–Crippen LogP) is 2.01. The first-order chi connectivity index (χ1) is 13.7. The lowest BCUT2D eigenvalue weighted by molar-refractivity contribution is 0.566. The third-order valence-electron chi connectivity index (χ3n) is 5.07. The molecule has 0 saturated carbocycles. The maximum Gasteiger partial charge on any atom is 0.191 e. The maximum atomic E-state index is 4.70. The molecule has 1 aliphatic rings. The molecule has 0 aliphatic carbocycles. The van der Waals surface area contributed by atoms with Gasteiger partial charge in [0.2, 0.25) is 0 Å². The molecule has 0 spiro atoms. The number of nitrogens with zero attached hydrogens (tertiary/aromatic N) is 6. The summed E-state index contributed by atoms with van der Waals surface area (Å²) in [6, 6.07) is 2.11. The van der Waals surface area contributed by atoms with Crippen LogP contribution >= 0.6 is 0 Å². The topological polar surface area (TPSA) is 84.9 Å². The first-order valence-electron chi connectivity index (χ1n) is 10.6. The average Bonchev–Trinajstić information content (AvgIpc) is 3.10. The van der Waals surface area contributed by atoms with Crippen molar-refractivity contribution < 1.29 is 0 Å². The first kappa shape index (κ1) is 20.4.